The lowest BCUT2D eigenvalue weighted by Gasteiger charge is -2.38. The molecule has 2 aromatic carbocycles. The van der Waals surface area contributed by atoms with Gasteiger partial charge in [0.25, 0.3) is 0 Å². The van der Waals surface area contributed by atoms with Crippen molar-refractivity contribution in [3.05, 3.63) is 80.4 Å². The van der Waals surface area contributed by atoms with E-state index in [1.54, 1.807) is 0 Å². The molecule has 0 radical (unpaired) electrons. The molecule has 2 aromatic rings. The molecule has 0 unspecified atom stereocenters. The fraction of sp³-hybridized carbons (Fsp3) is 0.345. The van der Waals surface area contributed by atoms with Gasteiger partial charge in [0.15, 0.2) is 0 Å². The van der Waals surface area contributed by atoms with Gasteiger partial charge in [-0.15, -0.1) is 40.9 Å². The highest BCUT2D eigenvalue weighted by Gasteiger charge is 2.28. The molecule has 3 aliphatic heterocycles. The molecular formula is C29H30Cl2N3O-. The predicted octanol–water partition coefficient (Wildman–Crippen LogP) is 7.44. The SMILES string of the molecule is CCN(CC)C1=C[C-](Cl)C(=C2c3cc4c(cc3Oc3cc5c(cc32)CCCN5)NCCC4)C(Cl)=C1. The standard InChI is InChI=1S/C29H30Cl2N3O/c1-3-34(4-2)19-13-22(30)29(23(31)14-19)28-20-11-17-7-5-9-32-24(17)15-26(20)35-27-16-25-18(12-21(27)28)8-6-10-33-25/h11-16,32-33H,3-10H2,1-2H3/q-1. The number of anilines is 2. The first-order valence-corrected chi connectivity index (χ1v) is 13.4. The van der Waals surface area contributed by atoms with Crippen LogP contribution < -0.4 is 15.4 Å². The van der Waals surface area contributed by atoms with Crippen LogP contribution in [0.4, 0.5) is 11.4 Å². The Morgan fingerprint density at radius 3 is 2.00 bits per heavy atom. The van der Waals surface area contributed by atoms with Gasteiger partial charge in [-0.3, -0.25) is 0 Å². The van der Waals surface area contributed by atoms with Crippen LogP contribution in [0.15, 0.2) is 52.7 Å². The summed E-state index contributed by atoms with van der Waals surface area (Å²) in [5, 5.41) is 8.41. The van der Waals surface area contributed by atoms with Crippen molar-refractivity contribution >= 4 is 40.1 Å². The summed E-state index contributed by atoms with van der Waals surface area (Å²) in [6.07, 6.45) is 8.45. The second kappa shape index (κ2) is 9.07. The number of halogens is 2. The molecular weight excluding hydrogens is 477 g/mol. The van der Waals surface area contributed by atoms with Crippen LogP contribution in [0.5, 0.6) is 11.5 Å². The minimum Gasteiger partial charge on any atom is -0.458 e. The van der Waals surface area contributed by atoms with Gasteiger partial charge >= 0.3 is 0 Å². The number of hydrogen-bond acceptors (Lipinski definition) is 4. The lowest BCUT2D eigenvalue weighted by atomic mass is 9.83. The summed E-state index contributed by atoms with van der Waals surface area (Å²) in [7, 11) is 0. The van der Waals surface area contributed by atoms with E-state index in [-0.39, 0.29) is 0 Å². The summed E-state index contributed by atoms with van der Waals surface area (Å²) in [4.78, 5) is 2.27. The van der Waals surface area contributed by atoms with Crippen molar-refractivity contribution in [3.63, 3.8) is 0 Å². The number of hydrogen-bond donors (Lipinski definition) is 2. The van der Waals surface area contributed by atoms with Crippen LogP contribution in [-0.2, 0) is 12.8 Å². The molecule has 35 heavy (non-hydrogen) atoms. The molecule has 0 saturated carbocycles. The number of fused-ring (bicyclic) bond motifs is 4. The van der Waals surface area contributed by atoms with Gasteiger partial charge in [0.05, 0.1) is 0 Å². The van der Waals surface area contributed by atoms with Gasteiger partial charge in [-0.1, -0.05) is 17.7 Å². The maximum Gasteiger partial charge on any atom is 0.128 e. The van der Waals surface area contributed by atoms with Gasteiger partial charge in [0.2, 0.25) is 0 Å². The van der Waals surface area contributed by atoms with E-state index in [9.17, 15) is 0 Å². The van der Waals surface area contributed by atoms with Crippen molar-refractivity contribution in [2.75, 3.05) is 36.8 Å². The second-order valence-electron chi connectivity index (χ2n) is 9.51. The van der Waals surface area contributed by atoms with Gasteiger partial charge in [-0.2, -0.15) is 0 Å². The smallest absolute Gasteiger partial charge is 0.128 e. The number of likely N-dealkylation sites (N-methyl/N-ethyl adjacent to an activating group) is 1. The van der Waals surface area contributed by atoms with Gasteiger partial charge < -0.3 is 20.3 Å². The molecule has 0 aromatic heterocycles. The fourth-order valence-corrected chi connectivity index (χ4v) is 6.32. The Morgan fingerprint density at radius 1 is 0.914 bits per heavy atom. The zero-order chi connectivity index (χ0) is 24.1. The summed E-state index contributed by atoms with van der Waals surface area (Å²) in [5.41, 5.74) is 10.0. The number of benzene rings is 2. The minimum absolute atomic E-state index is 0.667. The molecule has 0 bridgehead atoms. The summed E-state index contributed by atoms with van der Waals surface area (Å²) in [6, 6.07) is 8.84. The topological polar surface area (TPSA) is 36.5 Å². The normalized spacial score (nSPS) is 18.1. The molecule has 0 amide bonds. The van der Waals surface area contributed by atoms with Crippen molar-refractivity contribution in [3.8, 4) is 11.5 Å². The highest BCUT2D eigenvalue weighted by atomic mass is 35.5. The highest BCUT2D eigenvalue weighted by molar-refractivity contribution is 6.39. The first-order chi connectivity index (χ1) is 17.1. The molecule has 3 heterocycles. The number of ether oxygens (including phenoxy) is 1. The molecule has 2 N–H and O–H groups in total. The molecule has 0 fully saturated rings. The molecule has 4 aliphatic rings. The summed E-state index contributed by atoms with van der Waals surface area (Å²) in [5.74, 6) is 1.69. The third kappa shape index (κ3) is 3.88. The lowest BCUT2D eigenvalue weighted by molar-refractivity contribution is 0.393. The number of nitrogens with zero attached hydrogens (tertiary/aromatic N) is 1. The minimum atomic E-state index is 0.667. The van der Waals surface area contributed by atoms with E-state index in [1.165, 1.54) is 11.1 Å². The van der Waals surface area contributed by atoms with E-state index in [0.29, 0.717) is 10.4 Å². The Morgan fingerprint density at radius 2 is 1.49 bits per heavy atom. The molecule has 1 aliphatic carbocycles. The van der Waals surface area contributed by atoms with Crippen LogP contribution in [0, 0.1) is 5.38 Å². The highest BCUT2D eigenvalue weighted by Crippen LogP contribution is 2.53. The van der Waals surface area contributed by atoms with E-state index in [2.05, 4.69) is 65.8 Å². The average Bonchev–Trinajstić information content (AvgIpc) is 2.86. The number of aryl methyl sites for hydroxylation is 2. The first kappa shape index (κ1) is 22.8. The molecule has 4 nitrogen and oxygen atoms in total. The van der Waals surface area contributed by atoms with Crippen molar-refractivity contribution in [1.82, 2.24) is 4.90 Å². The summed E-state index contributed by atoms with van der Waals surface area (Å²) in [6.45, 7) is 8.07. The van der Waals surface area contributed by atoms with E-state index in [1.807, 2.05) is 0 Å². The Kier molecular flexibility index (Phi) is 5.90. The molecule has 6 heteroatoms. The van der Waals surface area contributed by atoms with E-state index in [4.69, 9.17) is 27.9 Å². The number of nitrogens with one attached hydrogen (secondary N) is 2. The lowest BCUT2D eigenvalue weighted by Crippen LogP contribution is -2.23. The van der Waals surface area contributed by atoms with Gasteiger partial charge in [0.1, 0.15) is 11.5 Å². The fourth-order valence-electron chi connectivity index (χ4n) is 5.66. The molecule has 6 rings (SSSR count). The van der Waals surface area contributed by atoms with Crippen molar-refractivity contribution in [2.45, 2.75) is 39.5 Å². The van der Waals surface area contributed by atoms with E-state index < -0.39 is 0 Å². The zero-order valence-corrected chi connectivity index (χ0v) is 21.7. The third-order valence-electron chi connectivity index (χ3n) is 7.45. The zero-order valence-electron chi connectivity index (χ0n) is 20.2. The maximum absolute atomic E-state index is 7.05. The maximum atomic E-state index is 7.05. The quantitative estimate of drug-likeness (QED) is 0.361. The van der Waals surface area contributed by atoms with Crippen LogP contribution in [-0.4, -0.2) is 31.1 Å². The Hall–Kier alpha value is -2.69. The molecule has 0 atom stereocenters. The van der Waals surface area contributed by atoms with Crippen molar-refractivity contribution in [1.29, 1.82) is 0 Å². The predicted molar refractivity (Wildman–Crippen MR) is 147 cm³/mol. The van der Waals surface area contributed by atoms with E-state index >= 15 is 0 Å². The van der Waals surface area contributed by atoms with Crippen molar-refractivity contribution < 1.29 is 4.74 Å². The van der Waals surface area contributed by atoms with Crippen LogP contribution in [0.1, 0.15) is 48.9 Å². The summed E-state index contributed by atoms with van der Waals surface area (Å²) >= 11 is 14.1. The van der Waals surface area contributed by atoms with Gasteiger partial charge in [-0.25, -0.2) is 0 Å². The van der Waals surface area contributed by atoms with Crippen LogP contribution in [0.3, 0.4) is 0 Å². The molecule has 0 spiro atoms. The van der Waals surface area contributed by atoms with Crippen molar-refractivity contribution in [2.24, 2.45) is 0 Å². The molecule has 182 valence electrons. The third-order valence-corrected chi connectivity index (χ3v) is 8.05. The Labute approximate surface area is 217 Å². The number of allylic oxidation sites excluding steroid dienone is 4. The largest absolute Gasteiger partial charge is 0.458 e. The second-order valence-corrected chi connectivity index (χ2v) is 10.3. The van der Waals surface area contributed by atoms with E-state index in [0.717, 1.165) is 103 Å². The van der Waals surface area contributed by atoms with Crippen LogP contribution in [0.2, 0.25) is 0 Å². The number of rotatable bonds is 3. The van der Waals surface area contributed by atoms with Crippen LogP contribution >= 0.6 is 23.2 Å². The monoisotopic (exact) mass is 506 g/mol. The Bertz CT molecular complexity index is 1220. The average molecular weight is 507 g/mol. The molecule has 0 saturated heterocycles. The van der Waals surface area contributed by atoms with Gasteiger partial charge in [0, 0.05) is 49.7 Å². The van der Waals surface area contributed by atoms with Crippen LogP contribution in [0.25, 0.3) is 5.57 Å². The first-order valence-electron chi connectivity index (χ1n) is 12.7. The van der Waals surface area contributed by atoms with Gasteiger partial charge in [-0.05, 0) is 77.9 Å². The Balaban J connectivity index is 1.58. The summed E-state index contributed by atoms with van der Waals surface area (Å²) < 4.78 is 6.54.